The van der Waals surface area contributed by atoms with E-state index in [9.17, 15) is 14.9 Å². The Morgan fingerprint density at radius 3 is 2.82 bits per heavy atom. The molecule has 0 saturated carbocycles. The van der Waals surface area contributed by atoms with Gasteiger partial charge in [0, 0.05) is 11.3 Å². The zero-order valence-electron chi connectivity index (χ0n) is 9.41. The van der Waals surface area contributed by atoms with E-state index in [2.05, 4.69) is 4.98 Å². The van der Waals surface area contributed by atoms with Crippen LogP contribution in [0.1, 0.15) is 18.9 Å². The summed E-state index contributed by atoms with van der Waals surface area (Å²) in [5, 5.41) is 19.6. The number of carboxylic acid groups (broad SMARTS) is 1. The number of hydrogen-bond donors (Lipinski definition) is 1. The third-order valence-electron chi connectivity index (χ3n) is 2.00. The zero-order valence-corrected chi connectivity index (χ0v) is 10.2. The van der Waals surface area contributed by atoms with E-state index < -0.39 is 10.9 Å². The van der Waals surface area contributed by atoms with Crippen molar-refractivity contribution in [2.75, 3.05) is 0 Å². The van der Waals surface area contributed by atoms with Crippen molar-refractivity contribution in [1.82, 2.24) is 4.98 Å². The molecule has 7 heteroatoms. The van der Waals surface area contributed by atoms with Crippen molar-refractivity contribution in [1.29, 1.82) is 0 Å². The van der Waals surface area contributed by atoms with Gasteiger partial charge >= 0.3 is 5.97 Å². The number of pyridine rings is 1. The third-order valence-corrected chi connectivity index (χ3v) is 3.22. The molecule has 0 saturated heterocycles. The lowest BCUT2D eigenvalue weighted by Gasteiger charge is -2.09. The summed E-state index contributed by atoms with van der Waals surface area (Å²) in [6, 6.07) is 1.43. The van der Waals surface area contributed by atoms with Crippen LogP contribution in [0.25, 0.3) is 0 Å². The van der Waals surface area contributed by atoms with Crippen LogP contribution in [0.5, 0.6) is 0 Å². The average Bonchev–Trinajstić information content (AvgIpc) is 2.19. The lowest BCUT2D eigenvalue weighted by Crippen LogP contribution is -2.06. The minimum Gasteiger partial charge on any atom is -0.481 e. The molecular formula is C10H12N2O4S. The van der Waals surface area contributed by atoms with Crippen molar-refractivity contribution in [3.8, 4) is 0 Å². The summed E-state index contributed by atoms with van der Waals surface area (Å²) in [6.07, 6.45) is 1.21. The second kappa shape index (κ2) is 5.62. The van der Waals surface area contributed by atoms with E-state index in [1.54, 1.807) is 13.8 Å². The van der Waals surface area contributed by atoms with Crippen molar-refractivity contribution in [3.05, 3.63) is 27.9 Å². The molecule has 1 aromatic heterocycles. The van der Waals surface area contributed by atoms with Crippen molar-refractivity contribution in [2.45, 2.75) is 30.5 Å². The van der Waals surface area contributed by atoms with Gasteiger partial charge in [-0.15, -0.1) is 11.8 Å². The van der Waals surface area contributed by atoms with Gasteiger partial charge in [-0.2, -0.15) is 0 Å². The van der Waals surface area contributed by atoms with Gasteiger partial charge in [0.25, 0.3) is 5.69 Å². The molecule has 1 N–H and O–H groups in total. The Morgan fingerprint density at radius 2 is 2.35 bits per heavy atom. The molecule has 1 aromatic rings. The van der Waals surface area contributed by atoms with Gasteiger partial charge in [-0.05, 0) is 12.5 Å². The van der Waals surface area contributed by atoms with Crippen molar-refractivity contribution in [2.24, 2.45) is 0 Å². The van der Waals surface area contributed by atoms with Gasteiger partial charge in [-0.3, -0.25) is 14.9 Å². The normalized spacial score (nSPS) is 12.1. The number of hydrogen-bond acceptors (Lipinski definition) is 5. The Balaban J connectivity index is 2.79. The largest absolute Gasteiger partial charge is 0.481 e. The molecule has 17 heavy (non-hydrogen) atoms. The fourth-order valence-electron chi connectivity index (χ4n) is 1.25. The lowest BCUT2D eigenvalue weighted by atomic mass is 10.3. The zero-order chi connectivity index (χ0) is 13.0. The standard InChI is InChI=1S/C10H12N2O4S/c1-6-3-8(12(15)16)5-11-10(6)17-7(2)4-9(13)14/h3,5,7H,4H2,1-2H3,(H,13,14). The van der Waals surface area contributed by atoms with Crippen LogP contribution >= 0.6 is 11.8 Å². The number of aromatic nitrogens is 1. The minimum absolute atomic E-state index is 0.0305. The van der Waals surface area contributed by atoms with E-state index in [0.717, 1.165) is 0 Å². The topological polar surface area (TPSA) is 93.3 Å². The summed E-state index contributed by atoms with van der Waals surface area (Å²) in [5.74, 6) is -0.871. The maximum absolute atomic E-state index is 10.5. The van der Waals surface area contributed by atoms with Gasteiger partial charge in [-0.25, -0.2) is 4.98 Å². The van der Waals surface area contributed by atoms with Gasteiger partial charge in [0.15, 0.2) is 0 Å². The first-order valence-corrected chi connectivity index (χ1v) is 5.77. The molecule has 0 aromatic carbocycles. The fraction of sp³-hybridized carbons (Fsp3) is 0.400. The SMILES string of the molecule is Cc1cc([N+](=O)[O-])cnc1SC(C)CC(=O)O. The molecular weight excluding hydrogens is 244 g/mol. The van der Waals surface area contributed by atoms with E-state index in [1.165, 1.54) is 24.0 Å². The van der Waals surface area contributed by atoms with Crippen LogP contribution in [-0.4, -0.2) is 26.2 Å². The molecule has 0 bridgehead atoms. The van der Waals surface area contributed by atoms with Crippen molar-refractivity contribution >= 4 is 23.4 Å². The van der Waals surface area contributed by atoms with Crippen molar-refractivity contribution < 1.29 is 14.8 Å². The van der Waals surface area contributed by atoms with Crippen LogP contribution in [-0.2, 0) is 4.79 Å². The highest BCUT2D eigenvalue weighted by molar-refractivity contribution is 7.99. The van der Waals surface area contributed by atoms with Crippen LogP contribution < -0.4 is 0 Å². The molecule has 6 nitrogen and oxygen atoms in total. The van der Waals surface area contributed by atoms with Crippen molar-refractivity contribution in [3.63, 3.8) is 0 Å². The smallest absolute Gasteiger partial charge is 0.304 e. The van der Waals surface area contributed by atoms with Gasteiger partial charge in [-0.1, -0.05) is 6.92 Å². The fourth-order valence-corrected chi connectivity index (χ4v) is 2.21. The Morgan fingerprint density at radius 1 is 1.71 bits per heavy atom. The molecule has 0 aliphatic rings. The van der Waals surface area contributed by atoms with Crippen LogP contribution in [0.15, 0.2) is 17.3 Å². The molecule has 0 spiro atoms. The van der Waals surface area contributed by atoms with E-state index in [1.807, 2.05) is 0 Å². The molecule has 92 valence electrons. The predicted molar refractivity (Wildman–Crippen MR) is 63.2 cm³/mol. The number of aryl methyl sites for hydroxylation is 1. The van der Waals surface area contributed by atoms with Gasteiger partial charge in [0.2, 0.25) is 0 Å². The number of rotatable bonds is 5. The quantitative estimate of drug-likeness (QED) is 0.493. The van der Waals surface area contributed by atoms with Crippen LogP contribution in [0.4, 0.5) is 5.69 Å². The van der Waals surface area contributed by atoms with E-state index >= 15 is 0 Å². The number of aliphatic carboxylic acids is 1. The Labute approximate surface area is 102 Å². The molecule has 1 unspecified atom stereocenters. The Hall–Kier alpha value is -1.63. The Bertz CT molecular complexity index is 450. The lowest BCUT2D eigenvalue weighted by molar-refractivity contribution is -0.385. The van der Waals surface area contributed by atoms with E-state index in [4.69, 9.17) is 5.11 Å². The first-order valence-electron chi connectivity index (χ1n) is 4.89. The number of thioether (sulfide) groups is 1. The molecule has 0 aliphatic carbocycles. The van der Waals surface area contributed by atoms with E-state index in [0.29, 0.717) is 10.6 Å². The monoisotopic (exact) mass is 256 g/mol. The predicted octanol–water partition coefficient (Wildman–Crippen LogP) is 2.25. The second-order valence-electron chi connectivity index (χ2n) is 3.60. The molecule has 1 atom stereocenters. The maximum Gasteiger partial charge on any atom is 0.304 e. The molecule has 0 fully saturated rings. The van der Waals surface area contributed by atoms with Gasteiger partial charge in [0.05, 0.1) is 16.4 Å². The molecule has 0 radical (unpaired) electrons. The molecule has 0 aliphatic heterocycles. The number of nitro groups is 1. The first-order chi connectivity index (χ1) is 7.90. The first kappa shape index (κ1) is 13.4. The Kier molecular flexibility index (Phi) is 4.45. The third kappa shape index (κ3) is 4.03. The van der Waals surface area contributed by atoms with Crippen LogP contribution in [0.2, 0.25) is 0 Å². The van der Waals surface area contributed by atoms with E-state index in [-0.39, 0.29) is 17.4 Å². The minimum atomic E-state index is -0.871. The summed E-state index contributed by atoms with van der Waals surface area (Å²) in [5.41, 5.74) is 0.624. The number of nitrogens with zero attached hydrogens (tertiary/aromatic N) is 2. The highest BCUT2D eigenvalue weighted by Gasteiger charge is 2.14. The van der Waals surface area contributed by atoms with Crippen LogP contribution in [0, 0.1) is 17.0 Å². The van der Waals surface area contributed by atoms with Gasteiger partial charge < -0.3 is 5.11 Å². The molecule has 1 heterocycles. The van der Waals surface area contributed by atoms with Crippen LogP contribution in [0.3, 0.4) is 0 Å². The highest BCUT2D eigenvalue weighted by atomic mass is 32.2. The summed E-state index contributed by atoms with van der Waals surface area (Å²) in [7, 11) is 0. The molecule has 0 amide bonds. The molecule has 1 rings (SSSR count). The highest BCUT2D eigenvalue weighted by Crippen LogP contribution is 2.27. The average molecular weight is 256 g/mol. The summed E-state index contributed by atoms with van der Waals surface area (Å²) < 4.78 is 0. The second-order valence-corrected chi connectivity index (χ2v) is 5.03. The summed E-state index contributed by atoms with van der Waals surface area (Å²) >= 11 is 1.30. The summed E-state index contributed by atoms with van der Waals surface area (Å²) in [6.45, 7) is 3.50. The summed E-state index contributed by atoms with van der Waals surface area (Å²) in [4.78, 5) is 24.5. The van der Waals surface area contributed by atoms with Gasteiger partial charge in [0.1, 0.15) is 6.20 Å². The number of carbonyl (C=O) groups is 1. The maximum atomic E-state index is 10.5. The number of carboxylic acids is 1.